The highest BCUT2D eigenvalue weighted by atomic mass is 32.1. The molecule has 0 radical (unpaired) electrons. The van der Waals surface area contributed by atoms with Gasteiger partial charge in [0, 0.05) is 11.3 Å². The van der Waals surface area contributed by atoms with Crippen LogP contribution in [-0.2, 0) is 5.41 Å². The molecule has 0 saturated heterocycles. The zero-order valence-electron chi connectivity index (χ0n) is 7.79. The van der Waals surface area contributed by atoms with Gasteiger partial charge in [-0.2, -0.15) is 0 Å². The Morgan fingerprint density at radius 3 is 2.33 bits per heavy atom. The van der Waals surface area contributed by atoms with E-state index in [-0.39, 0.29) is 5.41 Å². The van der Waals surface area contributed by atoms with E-state index in [1.54, 1.807) is 11.3 Å². The molecule has 1 heterocycles. The largest absolute Gasteiger partial charge is 0.143 e. The van der Waals surface area contributed by atoms with E-state index in [1.807, 2.05) is 0 Å². The van der Waals surface area contributed by atoms with Crippen molar-refractivity contribution in [1.82, 2.24) is 10.2 Å². The van der Waals surface area contributed by atoms with Gasteiger partial charge in [-0.05, 0) is 12.8 Å². The molecule has 0 spiro atoms. The summed E-state index contributed by atoms with van der Waals surface area (Å²) < 4.78 is 0. The molecule has 3 heteroatoms. The van der Waals surface area contributed by atoms with Gasteiger partial charge in [-0.25, -0.2) is 0 Å². The van der Waals surface area contributed by atoms with Crippen molar-refractivity contribution in [2.24, 2.45) is 0 Å². The summed E-state index contributed by atoms with van der Waals surface area (Å²) in [6, 6.07) is 0. The van der Waals surface area contributed by atoms with Crippen molar-refractivity contribution < 1.29 is 0 Å². The number of hydrogen-bond acceptors (Lipinski definition) is 3. The highest BCUT2D eigenvalue weighted by Gasteiger charge is 2.29. The van der Waals surface area contributed by atoms with Crippen LogP contribution in [0.3, 0.4) is 0 Å². The lowest BCUT2D eigenvalue weighted by molar-refractivity contribution is 0.577. The second kappa shape index (κ2) is 2.52. The van der Waals surface area contributed by atoms with Gasteiger partial charge in [0.2, 0.25) is 0 Å². The molecule has 1 aliphatic rings. The number of nitrogens with zero attached hydrogens (tertiary/aromatic N) is 2. The third-order valence-electron chi connectivity index (χ3n) is 2.01. The second-order valence-corrected chi connectivity index (χ2v) is 5.48. The minimum atomic E-state index is 0.171. The highest BCUT2D eigenvalue weighted by molar-refractivity contribution is 7.11. The van der Waals surface area contributed by atoms with Gasteiger partial charge in [-0.15, -0.1) is 21.5 Å². The third kappa shape index (κ3) is 1.51. The maximum Gasteiger partial charge on any atom is 0.122 e. The Kier molecular flexibility index (Phi) is 1.72. The molecule has 66 valence electrons. The lowest BCUT2D eigenvalue weighted by atomic mass is 9.98. The highest BCUT2D eigenvalue weighted by Crippen LogP contribution is 2.42. The molecule has 0 aromatic carbocycles. The average Bonchev–Trinajstić information content (AvgIpc) is 2.66. The maximum atomic E-state index is 4.22. The van der Waals surface area contributed by atoms with E-state index in [0.717, 1.165) is 5.92 Å². The molecule has 0 bridgehead atoms. The summed E-state index contributed by atoms with van der Waals surface area (Å²) in [5.74, 6) is 0.749. The Balaban J connectivity index is 2.23. The van der Waals surface area contributed by atoms with Crippen molar-refractivity contribution in [2.75, 3.05) is 0 Å². The van der Waals surface area contributed by atoms with Crippen LogP contribution in [0.2, 0.25) is 0 Å². The molecule has 1 saturated carbocycles. The van der Waals surface area contributed by atoms with E-state index in [0.29, 0.717) is 0 Å². The van der Waals surface area contributed by atoms with Crippen molar-refractivity contribution in [2.45, 2.75) is 44.9 Å². The van der Waals surface area contributed by atoms with Crippen molar-refractivity contribution in [1.29, 1.82) is 0 Å². The predicted molar refractivity (Wildman–Crippen MR) is 50.6 cm³/mol. The third-order valence-corrected chi connectivity index (χ3v) is 3.52. The monoisotopic (exact) mass is 182 g/mol. The molecule has 12 heavy (non-hydrogen) atoms. The van der Waals surface area contributed by atoms with Gasteiger partial charge < -0.3 is 0 Å². The van der Waals surface area contributed by atoms with E-state index < -0.39 is 0 Å². The molecular weight excluding hydrogens is 168 g/mol. The number of rotatable bonds is 1. The standard InChI is InChI=1S/C9H14N2S/c1-9(2,3)8-11-10-7(12-8)6-4-5-6/h6H,4-5H2,1-3H3. The molecule has 1 aliphatic carbocycles. The molecule has 2 rings (SSSR count). The predicted octanol–water partition coefficient (Wildman–Crippen LogP) is 2.71. The van der Waals surface area contributed by atoms with Gasteiger partial charge >= 0.3 is 0 Å². The molecular formula is C9H14N2S. The summed E-state index contributed by atoms with van der Waals surface area (Å²) in [6.07, 6.45) is 2.64. The fourth-order valence-corrected chi connectivity index (χ4v) is 2.10. The van der Waals surface area contributed by atoms with E-state index in [4.69, 9.17) is 0 Å². The van der Waals surface area contributed by atoms with Crippen LogP contribution in [0, 0.1) is 0 Å². The topological polar surface area (TPSA) is 25.8 Å². The fraction of sp³-hybridized carbons (Fsp3) is 0.778. The Morgan fingerprint density at radius 1 is 1.25 bits per heavy atom. The van der Waals surface area contributed by atoms with Crippen molar-refractivity contribution in [3.05, 3.63) is 10.0 Å². The van der Waals surface area contributed by atoms with Crippen LogP contribution < -0.4 is 0 Å². The van der Waals surface area contributed by atoms with Crippen LogP contribution in [0.5, 0.6) is 0 Å². The zero-order chi connectivity index (χ0) is 8.77. The Hall–Kier alpha value is -0.440. The normalized spacial score (nSPS) is 18.2. The van der Waals surface area contributed by atoms with Gasteiger partial charge in [0.1, 0.15) is 10.0 Å². The Bertz CT molecular complexity index is 281. The molecule has 1 aromatic rings. The number of aromatic nitrogens is 2. The Morgan fingerprint density at radius 2 is 1.92 bits per heavy atom. The van der Waals surface area contributed by atoms with Gasteiger partial charge in [0.15, 0.2) is 0 Å². The van der Waals surface area contributed by atoms with Gasteiger partial charge in [0.05, 0.1) is 0 Å². The van der Waals surface area contributed by atoms with Crippen LogP contribution in [0.15, 0.2) is 0 Å². The van der Waals surface area contributed by atoms with Crippen molar-refractivity contribution in [3.63, 3.8) is 0 Å². The lowest BCUT2D eigenvalue weighted by Gasteiger charge is -2.12. The van der Waals surface area contributed by atoms with Crippen LogP contribution >= 0.6 is 11.3 Å². The fourth-order valence-electron chi connectivity index (χ4n) is 1.03. The second-order valence-electron chi connectivity index (χ2n) is 4.47. The van der Waals surface area contributed by atoms with Gasteiger partial charge in [-0.1, -0.05) is 20.8 Å². The minimum Gasteiger partial charge on any atom is -0.143 e. The minimum absolute atomic E-state index is 0.171. The summed E-state index contributed by atoms with van der Waals surface area (Å²) in [6.45, 7) is 6.55. The first-order valence-corrected chi connectivity index (χ1v) is 5.23. The van der Waals surface area contributed by atoms with Gasteiger partial charge in [-0.3, -0.25) is 0 Å². The van der Waals surface area contributed by atoms with Crippen LogP contribution in [0.4, 0.5) is 0 Å². The average molecular weight is 182 g/mol. The molecule has 0 amide bonds. The zero-order valence-corrected chi connectivity index (χ0v) is 8.61. The number of hydrogen-bond donors (Lipinski definition) is 0. The van der Waals surface area contributed by atoms with E-state index >= 15 is 0 Å². The molecule has 1 fully saturated rings. The maximum absolute atomic E-state index is 4.22. The first kappa shape index (κ1) is 8.17. The smallest absolute Gasteiger partial charge is 0.122 e. The molecule has 1 aromatic heterocycles. The SMILES string of the molecule is CC(C)(C)c1nnc(C2CC2)s1. The van der Waals surface area contributed by atoms with Crippen LogP contribution in [0.1, 0.15) is 49.5 Å². The van der Waals surface area contributed by atoms with E-state index in [2.05, 4.69) is 31.0 Å². The van der Waals surface area contributed by atoms with Crippen LogP contribution in [0.25, 0.3) is 0 Å². The molecule has 2 nitrogen and oxygen atoms in total. The summed E-state index contributed by atoms with van der Waals surface area (Å²) in [4.78, 5) is 0. The van der Waals surface area contributed by atoms with E-state index in [9.17, 15) is 0 Å². The Labute approximate surface area is 77.0 Å². The first-order chi connectivity index (χ1) is 5.57. The molecule has 0 atom stereocenters. The first-order valence-electron chi connectivity index (χ1n) is 4.41. The summed E-state index contributed by atoms with van der Waals surface area (Å²) in [7, 11) is 0. The van der Waals surface area contributed by atoms with E-state index in [1.165, 1.54) is 22.9 Å². The molecule has 0 N–H and O–H groups in total. The summed E-state index contributed by atoms with van der Waals surface area (Å²) in [5, 5.41) is 10.9. The summed E-state index contributed by atoms with van der Waals surface area (Å²) in [5.41, 5.74) is 0.171. The summed E-state index contributed by atoms with van der Waals surface area (Å²) >= 11 is 1.79. The van der Waals surface area contributed by atoms with Crippen LogP contribution in [-0.4, -0.2) is 10.2 Å². The van der Waals surface area contributed by atoms with Gasteiger partial charge in [0.25, 0.3) is 0 Å². The quantitative estimate of drug-likeness (QED) is 0.667. The van der Waals surface area contributed by atoms with Crippen molar-refractivity contribution in [3.8, 4) is 0 Å². The lowest BCUT2D eigenvalue weighted by Crippen LogP contribution is -2.10. The van der Waals surface area contributed by atoms with Crippen molar-refractivity contribution >= 4 is 11.3 Å². The molecule has 0 unspecified atom stereocenters. The molecule has 0 aliphatic heterocycles.